The maximum absolute atomic E-state index is 11.6. The van der Waals surface area contributed by atoms with E-state index in [0.717, 1.165) is 45.3 Å². The molecule has 0 spiro atoms. The van der Waals surface area contributed by atoms with Gasteiger partial charge >= 0.3 is 0 Å². The SMILES string of the molecule is COc1cccc(C)c1-c1nc(C)c(COc2cc(C(C)C)ccc2C)c(N2CCN(CC(N)=O)[C@H](C)C2)n1. The van der Waals surface area contributed by atoms with Crippen LogP contribution in [0.15, 0.2) is 36.4 Å². The van der Waals surface area contributed by atoms with Crippen LogP contribution in [0.1, 0.15) is 54.6 Å². The van der Waals surface area contributed by atoms with Gasteiger partial charge in [0.05, 0.1) is 30.5 Å². The van der Waals surface area contributed by atoms with Crippen molar-refractivity contribution < 1.29 is 14.3 Å². The van der Waals surface area contributed by atoms with Crippen LogP contribution in [0.3, 0.4) is 0 Å². The van der Waals surface area contributed by atoms with Crippen LogP contribution in [0.25, 0.3) is 11.4 Å². The lowest BCUT2D eigenvalue weighted by atomic mass is 10.0. The summed E-state index contributed by atoms with van der Waals surface area (Å²) in [5, 5.41) is 0. The van der Waals surface area contributed by atoms with Gasteiger partial charge in [0.2, 0.25) is 5.91 Å². The number of methoxy groups -OCH3 is 1. The second-order valence-electron chi connectivity index (χ2n) is 10.8. The highest BCUT2D eigenvalue weighted by atomic mass is 16.5. The van der Waals surface area contributed by atoms with Gasteiger partial charge in [0.15, 0.2) is 5.82 Å². The number of benzene rings is 2. The Balaban J connectivity index is 1.75. The van der Waals surface area contributed by atoms with Crippen LogP contribution in [0.5, 0.6) is 11.5 Å². The van der Waals surface area contributed by atoms with E-state index in [1.165, 1.54) is 5.56 Å². The zero-order chi connectivity index (χ0) is 28.3. The molecule has 3 aromatic rings. The highest BCUT2D eigenvalue weighted by Gasteiger charge is 2.29. The minimum Gasteiger partial charge on any atom is -0.496 e. The number of amides is 1. The highest BCUT2D eigenvalue weighted by molar-refractivity contribution is 5.76. The van der Waals surface area contributed by atoms with Crippen LogP contribution in [0, 0.1) is 20.8 Å². The lowest BCUT2D eigenvalue weighted by Crippen LogP contribution is -2.54. The predicted molar refractivity (Wildman–Crippen MR) is 156 cm³/mol. The van der Waals surface area contributed by atoms with E-state index in [1.54, 1.807) is 7.11 Å². The first kappa shape index (κ1) is 28.4. The van der Waals surface area contributed by atoms with Crippen molar-refractivity contribution >= 4 is 11.7 Å². The van der Waals surface area contributed by atoms with E-state index >= 15 is 0 Å². The van der Waals surface area contributed by atoms with Gasteiger partial charge in [-0.2, -0.15) is 0 Å². The number of hydrogen-bond donors (Lipinski definition) is 1. The first-order valence-electron chi connectivity index (χ1n) is 13.6. The van der Waals surface area contributed by atoms with Gasteiger partial charge in [-0.05, 0) is 62.4 Å². The van der Waals surface area contributed by atoms with Gasteiger partial charge in [0.1, 0.15) is 23.9 Å². The number of aryl methyl sites for hydroxylation is 3. The Labute approximate surface area is 232 Å². The van der Waals surface area contributed by atoms with Crippen LogP contribution in [0.2, 0.25) is 0 Å². The van der Waals surface area contributed by atoms with E-state index in [2.05, 4.69) is 55.7 Å². The molecule has 2 aromatic carbocycles. The molecule has 0 radical (unpaired) electrons. The maximum atomic E-state index is 11.6. The predicted octanol–water partition coefficient (Wildman–Crippen LogP) is 4.78. The second kappa shape index (κ2) is 12.0. The lowest BCUT2D eigenvalue weighted by Gasteiger charge is -2.40. The summed E-state index contributed by atoms with van der Waals surface area (Å²) in [4.78, 5) is 26.1. The van der Waals surface area contributed by atoms with Gasteiger partial charge in [0, 0.05) is 25.7 Å². The van der Waals surface area contributed by atoms with Crippen molar-refractivity contribution in [1.82, 2.24) is 14.9 Å². The third-order valence-corrected chi connectivity index (χ3v) is 7.54. The molecular weight excluding hydrogens is 490 g/mol. The van der Waals surface area contributed by atoms with Gasteiger partial charge in [-0.3, -0.25) is 9.69 Å². The van der Waals surface area contributed by atoms with Gasteiger partial charge < -0.3 is 20.1 Å². The summed E-state index contributed by atoms with van der Waals surface area (Å²) in [5.41, 5.74) is 11.6. The monoisotopic (exact) mass is 531 g/mol. The lowest BCUT2D eigenvalue weighted by molar-refractivity contribution is -0.119. The summed E-state index contributed by atoms with van der Waals surface area (Å²) < 4.78 is 12.1. The summed E-state index contributed by atoms with van der Waals surface area (Å²) in [6.07, 6.45) is 0. The smallest absolute Gasteiger partial charge is 0.231 e. The number of nitrogens with zero attached hydrogens (tertiary/aromatic N) is 4. The molecule has 1 saturated heterocycles. The zero-order valence-corrected chi connectivity index (χ0v) is 24.2. The summed E-state index contributed by atoms with van der Waals surface area (Å²) in [5.74, 6) is 3.20. The largest absolute Gasteiger partial charge is 0.496 e. The van der Waals surface area contributed by atoms with Gasteiger partial charge in [-0.15, -0.1) is 0 Å². The molecule has 8 heteroatoms. The Morgan fingerprint density at radius 2 is 1.85 bits per heavy atom. The van der Waals surface area contributed by atoms with Crippen molar-refractivity contribution in [3.8, 4) is 22.9 Å². The number of carbonyl (C=O) groups excluding carboxylic acids is 1. The molecule has 0 unspecified atom stereocenters. The molecule has 0 saturated carbocycles. The fourth-order valence-corrected chi connectivity index (χ4v) is 5.12. The van der Waals surface area contributed by atoms with E-state index in [1.807, 2.05) is 32.0 Å². The fourth-order valence-electron chi connectivity index (χ4n) is 5.12. The van der Waals surface area contributed by atoms with Gasteiger partial charge in [-0.1, -0.05) is 38.1 Å². The zero-order valence-electron chi connectivity index (χ0n) is 24.2. The minimum atomic E-state index is -0.310. The molecule has 2 N–H and O–H groups in total. The highest BCUT2D eigenvalue weighted by Crippen LogP contribution is 2.35. The number of primary amides is 1. The molecule has 8 nitrogen and oxygen atoms in total. The van der Waals surface area contributed by atoms with Gasteiger partial charge in [-0.25, -0.2) is 9.97 Å². The number of anilines is 1. The van der Waals surface area contributed by atoms with E-state index in [0.29, 0.717) is 38.0 Å². The molecule has 2 heterocycles. The van der Waals surface area contributed by atoms with Crippen molar-refractivity contribution in [2.24, 2.45) is 5.73 Å². The molecule has 0 aliphatic carbocycles. The standard InChI is InChI=1S/C31H41N5O3/c1-19(2)24-12-11-20(3)27(15-24)39-18-25-23(6)33-30(29-21(4)9-8-10-26(29)38-7)34-31(25)36-14-13-35(17-28(32)37)22(5)16-36/h8-12,15,19,22H,13-14,16-18H2,1-7H3,(H2,32,37)/t22-/m1/s1. The molecule has 1 aromatic heterocycles. The molecule has 1 fully saturated rings. The van der Waals surface area contributed by atoms with Crippen LogP contribution in [0.4, 0.5) is 5.82 Å². The summed E-state index contributed by atoms with van der Waals surface area (Å²) in [7, 11) is 1.67. The molecular formula is C31H41N5O3. The van der Waals surface area contributed by atoms with E-state index < -0.39 is 0 Å². The Bertz CT molecular complexity index is 1340. The van der Waals surface area contributed by atoms with Crippen LogP contribution >= 0.6 is 0 Å². The number of hydrogen-bond acceptors (Lipinski definition) is 7. The molecule has 0 bridgehead atoms. The molecule has 1 aliphatic heterocycles. The van der Waals surface area contributed by atoms with Crippen LogP contribution in [-0.2, 0) is 11.4 Å². The normalized spacial score (nSPS) is 16.0. The van der Waals surface area contributed by atoms with Crippen molar-refractivity contribution in [3.05, 3.63) is 64.3 Å². The van der Waals surface area contributed by atoms with Crippen molar-refractivity contribution in [1.29, 1.82) is 0 Å². The molecule has 39 heavy (non-hydrogen) atoms. The van der Waals surface area contributed by atoms with Crippen molar-refractivity contribution in [3.63, 3.8) is 0 Å². The average molecular weight is 532 g/mol. The van der Waals surface area contributed by atoms with Crippen LogP contribution < -0.4 is 20.1 Å². The Kier molecular flexibility index (Phi) is 8.75. The molecule has 208 valence electrons. The van der Waals surface area contributed by atoms with E-state index in [4.69, 9.17) is 25.2 Å². The summed E-state index contributed by atoms with van der Waals surface area (Å²) >= 11 is 0. The van der Waals surface area contributed by atoms with Gasteiger partial charge in [0.25, 0.3) is 0 Å². The van der Waals surface area contributed by atoms with Crippen LogP contribution in [-0.4, -0.2) is 60.1 Å². The van der Waals surface area contributed by atoms with Crippen molar-refractivity contribution in [2.45, 2.75) is 60.1 Å². The number of ether oxygens (including phenoxy) is 2. The van der Waals surface area contributed by atoms with E-state index in [9.17, 15) is 4.79 Å². The quantitative estimate of drug-likeness (QED) is 0.425. The maximum Gasteiger partial charge on any atom is 0.231 e. The summed E-state index contributed by atoms with van der Waals surface area (Å²) in [6.45, 7) is 15.4. The second-order valence-corrected chi connectivity index (χ2v) is 10.8. The Morgan fingerprint density at radius 1 is 1.08 bits per heavy atom. The average Bonchev–Trinajstić information content (AvgIpc) is 2.89. The fraction of sp³-hybridized carbons (Fsp3) is 0.452. The first-order valence-corrected chi connectivity index (χ1v) is 13.6. The molecule has 1 aliphatic rings. The Hall–Kier alpha value is -3.65. The number of rotatable bonds is 9. The first-order chi connectivity index (χ1) is 18.6. The third kappa shape index (κ3) is 6.33. The van der Waals surface area contributed by atoms with E-state index in [-0.39, 0.29) is 18.5 Å². The molecule has 1 amide bonds. The topological polar surface area (TPSA) is 93.8 Å². The number of nitrogens with two attached hydrogens (primary N) is 1. The van der Waals surface area contributed by atoms with Crippen molar-refractivity contribution in [2.75, 3.05) is 38.2 Å². The number of piperazine rings is 1. The third-order valence-electron chi connectivity index (χ3n) is 7.54. The molecule has 1 atom stereocenters. The number of carbonyl (C=O) groups is 1. The molecule has 4 rings (SSSR count). The Morgan fingerprint density at radius 3 is 2.51 bits per heavy atom. The summed E-state index contributed by atoms with van der Waals surface area (Å²) in [6, 6.07) is 12.5. The number of aromatic nitrogens is 2. The minimum absolute atomic E-state index is 0.136.